The highest BCUT2D eigenvalue weighted by Crippen LogP contribution is 2.70. The predicted molar refractivity (Wildman–Crippen MR) is 256 cm³/mol. The van der Waals surface area contributed by atoms with Crippen molar-refractivity contribution in [3.63, 3.8) is 0 Å². The molecule has 0 heterocycles. The van der Waals surface area contributed by atoms with Crippen LogP contribution < -0.4 is 0 Å². The summed E-state index contributed by atoms with van der Waals surface area (Å²) in [7, 11) is 0. The smallest absolute Gasteiger partial charge is 0.303 e. The minimum Gasteiger partial charge on any atom is -0.451 e. The number of ketones is 4. The van der Waals surface area contributed by atoms with Gasteiger partial charge >= 0.3 is 11.9 Å². The Balaban J connectivity index is 0.000000177. The van der Waals surface area contributed by atoms with Gasteiger partial charge in [0.2, 0.25) is 0 Å². The second-order valence-corrected chi connectivity index (χ2v) is 29.5. The van der Waals surface area contributed by atoms with E-state index < -0.39 is 11.2 Å². The Morgan fingerprint density at radius 2 is 1.07 bits per heavy atom. The molecule has 8 aliphatic rings. The number of halogens is 4. The molecule has 0 aromatic heterocycles. The number of allylic oxidation sites excluding steroid dienone is 5. The Morgan fingerprint density at radius 1 is 0.603 bits per heavy atom. The van der Waals surface area contributed by atoms with Crippen molar-refractivity contribution in [1.29, 1.82) is 0 Å². The topological polar surface area (TPSA) is 121 Å². The van der Waals surface area contributed by atoms with Gasteiger partial charge in [0.25, 0.3) is 0 Å². The molecule has 3 unspecified atom stereocenters. The lowest BCUT2D eigenvalue weighted by Crippen LogP contribution is -2.60. The lowest BCUT2D eigenvalue weighted by molar-refractivity contribution is -0.187. The molecule has 12 atom stereocenters. The largest absolute Gasteiger partial charge is 0.451 e. The van der Waals surface area contributed by atoms with Gasteiger partial charge in [0.05, 0.1) is 0 Å². The third-order valence-electron chi connectivity index (χ3n) is 17.6. The van der Waals surface area contributed by atoms with Crippen LogP contribution >= 0.6 is 90.4 Å². The molecule has 0 amide bonds. The van der Waals surface area contributed by atoms with E-state index in [9.17, 15) is 28.8 Å². The normalized spacial score (nSPS) is 43.6. The third-order valence-corrected chi connectivity index (χ3v) is 19.8. The van der Waals surface area contributed by atoms with E-state index >= 15 is 0 Å². The van der Waals surface area contributed by atoms with Crippen LogP contribution in [0.1, 0.15) is 131 Å². The first-order valence-corrected chi connectivity index (χ1v) is 26.3. The molecule has 8 nitrogen and oxygen atoms in total. The Morgan fingerprint density at radius 3 is 1.57 bits per heavy atom. The molecule has 318 valence electrons. The number of hydrogen-bond acceptors (Lipinski definition) is 8. The van der Waals surface area contributed by atoms with Gasteiger partial charge in [-0.1, -0.05) is 135 Å². The molecular weight excluding hydrogens is 1190 g/mol. The van der Waals surface area contributed by atoms with E-state index in [1.54, 1.807) is 6.08 Å². The van der Waals surface area contributed by atoms with Crippen molar-refractivity contribution in [2.24, 2.45) is 57.2 Å². The van der Waals surface area contributed by atoms with E-state index in [0.29, 0.717) is 54.8 Å². The van der Waals surface area contributed by atoms with Gasteiger partial charge < -0.3 is 9.47 Å². The highest BCUT2D eigenvalue weighted by atomic mass is 127. The van der Waals surface area contributed by atoms with Gasteiger partial charge in [0, 0.05) is 36.5 Å². The second kappa shape index (κ2) is 16.4. The quantitative estimate of drug-likeness (QED) is 0.146. The van der Waals surface area contributed by atoms with Crippen LogP contribution in [0.5, 0.6) is 0 Å². The fourth-order valence-corrected chi connectivity index (χ4v) is 16.9. The molecule has 0 saturated heterocycles. The first-order valence-electron chi connectivity index (χ1n) is 21.3. The van der Waals surface area contributed by atoms with Crippen LogP contribution in [0.15, 0.2) is 35.5 Å². The number of hydrogen-bond donors (Lipinski definition) is 0. The second-order valence-electron chi connectivity index (χ2n) is 19.7. The van der Waals surface area contributed by atoms with Crippen molar-refractivity contribution in [1.82, 2.24) is 0 Å². The minimum absolute atomic E-state index is 0.0584. The Labute approximate surface area is 398 Å². The summed E-state index contributed by atoms with van der Waals surface area (Å²) in [5, 5.41) is 0. The molecule has 0 aromatic carbocycles. The van der Waals surface area contributed by atoms with Crippen molar-refractivity contribution in [2.75, 3.05) is 0 Å². The summed E-state index contributed by atoms with van der Waals surface area (Å²) in [5.41, 5.74) is 0.0738. The Hall–Kier alpha value is -0.240. The van der Waals surface area contributed by atoms with Crippen LogP contribution in [0.25, 0.3) is 0 Å². The van der Waals surface area contributed by atoms with Crippen molar-refractivity contribution in [3.8, 4) is 0 Å². The van der Waals surface area contributed by atoms with Gasteiger partial charge in [0.1, 0.15) is 3.86 Å². The Kier molecular flexibility index (Phi) is 12.9. The molecule has 6 fully saturated rings. The standard InChI is InChI=1S/C23H30I2O4.C23H28I2O4/c2*1-13(26)29-23(19(28)20(24)25)11-8-18-16-5-4-14-12-15(27)6-9-21(14,2)17(16)7-10-22(18,23)3/h12,16-18,20H,4-11H2,1-3H3;6,9,12,16-18,20H,4-5,7-8,10-11H2,1-3H3/t16?,17?,18?,21-,22-,23+;16-,17+,18+,21+,22+,23-/m01/s1. The lowest BCUT2D eigenvalue weighted by atomic mass is 9.46. The highest BCUT2D eigenvalue weighted by Gasteiger charge is 2.70. The van der Waals surface area contributed by atoms with Crippen molar-refractivity contribution >= 4 is 125 Å². The maximum absolute atomic E-state index is 13.4. The maximum Gasteiger partial charge on any atom is 0.303 e. The van der Waals surface area contributed by atoms with Crippen LogP contribution in [-0.2, 0) is 38.2 Å². The number of esters is 2. The van der Waals surface area contributed by atoms with E-state index in [1.165, 1.54) is 25.0 Å². The molecule has 0 aliphatic heterocycles. The first-order chi connectivity index (χ1) is 27.1. The molecule has 6 saturated carbocycles. The summed E-state index contributed by atoms with van der Waals surface area (Å²) < 4.78 is 11.5. The number of rotatable bonds is 6. The maximum atomic E-state index is 13.4. The SMILES string of the molecule is CC(=O)O[C@@]1(C(=O)C(I)I)CCC2C3CCC4=CC(=O)CC[C@]4(C)C3CC[C@@]21C.CC(=O)O[C@@]1(C(=O)C(I)I)CC[C@H]2[C@@H]3CCC4=CC(=O)C=C[C@]4(C)[C@H]3CC[C@@]21C. The minimum atomic E-state index is -1.00. The number of fused-ring (bicyclic) bond motifs is 10. The number of ether oxygens (including phenoxy) is 2. The van der Waals surface area contributed by atoms with E-state index in [0.717, 1.165) is 70.6 Å². The molecule has 0 radical (unpaired) electrons. The van der Waals surface area contributed by atoms with Crippen molar-refractivity contribution in [2.45, 2.75) is 146 Å². The van der Waals surface area contributed by atoms with E-state index in [2.05, 4.69) is 124 Å². The molecular formula is C46H58I4O8. The van der Waals surface area contributed by atoms with Crippen LogP contribution in [0.2, 0.25) is 0 Å². The average molecular weight is 1250 g/mol. The van der Waals surface area contributed by atoms with Crippen molar-refractivity contribution in [3.05, 3.63) is 35.5 Å². The Bertz CT molecular complexity index is 1880. The van der Waals surface area contributed by atoms with Gasteiger partial charge in [-0.2, -0.15) is 0 Å². The summed E-state index contributed by atoms with van der Waals surface area (Å²) >= 11 is 8.61. The summed E-state index contributed by atoms with van der Waals surface area (Å²) in [6.45, 7) is 11.9. The zero-order valence-electron chi connectivity index (χ0n) is 34.6. The molecule has 58 heavy (non-hydrogen) atoms. The zero-order valence-corrected chi connectivity index (χ0v) is 43.2. The van der Waals surface area contributed by atoms with E-state index in [1.807, 2.05) is 12.2 Å². The predicted octanol–water partition coefficient (Wildman–Crippen LogP) is 10.9. The molecule has 0 bridgehead atoms. The zero-order chi connectivity index (χ0) is 42.4. The average Bonchev–Trinajstić information content (AvgIpc) is 3.62. The molecule has 12 heteroatoms. The fraction of sp³-hybridized carbons (Fsp3) is 0.739. The fourth-order valence-electron chi connectivity index (χ4n) is 14.8. The molecule has 8 rings (SSSR count). The van der Waals surface area contributed by atoms with Gasteiger partial charge in [-0.25, -0.2) is 0 Å². The summed E-state index contributed by atoms with van der Waals surface area (Å²) in [5.74, 6) is 2.64. The molecule has 0 spiro atoms. The van der Waals surface area contributed by atoms with Crippen LogP contribution in [0.4, 0.5) is 0 Å². The highest BCUT2D eigenvalue weighted by molar-refractivity contribution is 14.2. The number of alkyl halides is 4. The first kappa shape index (κ1) is 45.8. The van der Waals surface area contributed by atoms with Gasteiger partial charge in [-0.05, 0) is 143 Å². The number of carbonyl (C=O) groups excluding carboxylic acids is 6. The lowest BCUT2D eigenvalue weighted by Gasteiger charge is -2.59. The number of carbonyl (C=O) groups is 6. The van der Waals surface area contributed by atoms with Crippen LogP contribution in [-0.4, -0.2) is 50.1 Å². The van der Waals surface area contributed by atoms with Gasteiger partial charge in [-0.15, -0.1) is 0 Å². The van der Waals surface area contributed by atoms with Gasteiger partial charge in [0.15, 0.2) is 34.3 Å². The van der Waals surface area contributed by atoms with Crippen LogP contribution in [0.3, 0.4) is 0 Å². The molecule has 8 aliphatic carbocycles. The summed E-state index contributed by atoms with van der Waals surface area (Å²) in [6, 6.07) is 0. The summed E-state index contributed by atoms with van der Waals surface area (Å²) in [4.78, 5) is 74.9. The van der Waals surface area contributed by atoms with Gasteiger partial charge in [-0.3, -0.25) is 28.8 Å². The van der Waals surface area contributed by atoms with Crippen LogP contribution in [0, 0.1) is 57.2 Å². The van der Waals surface area contributed by atoms with E-state index in [-0.39, 0.29) is 60.6 Å². The summed E-state index contributed by atoms with van der Waals surface area (Å²) in [6.07, 6.45) is 20.3. The molecule has 0 N–H and O–H groups in total. The number of Topliss-reactive ketones (excluding diaryl/α,β-unsaturated/α-hetero) is 2. The molecule has 0 aromatic rings. The third kappa shape index (κ3) is 7.07. The van der Waals surface area contributed by atoms with E-state index in [4.69, 9.17) is 9.47 Å². The monoisotopic (exact) mass is 1250 g/mol. The van der Waals surface area contributed by atoms with Crippen molar-refractivity contribution < 1.29 is 38.2 Å².